The monoisotopic (exact) mass is 248 g/mol. The lowest BCUT2D eigenvalue weighted by Gasteiger charge is -2.03. The summed E-state index contributed by atoms with van der Waals surface area (Å²) in [5.74, 6) is 0.727. The zero-order chi connectivity index (χ0) is 12.3. The van der Waals surface area contributed by atoms with Crippen molar-refractivity contribution in [2.45, 2.75) is 10.9 Å². The van der Waals surface area contributed by atoms with Crippen molar-refractivity contribution in [2.75, 3.05) is 0 Å². The van der Waals surface area contributed by atoms with Gasteiger partial charge in [0, 0.05) is 19.0 Å². The highest BCUT2D eigenvalue weighted by Gasteiger charge is 2.04. The highest BCUT2D eigenvalue weighted by Crippen LogP contribution is 2.19. The van der Waals surface area contributed by atoms with Gasteiger partial charge in [-0.3, -0.25) is 10.4 Å². The van der Waals surface area contributed by atoms with Gasteiger partial charge >= 0.3 is 0 Å². The first-order chi connectivity index (χ1) is 8.16. The van der Waals surface area contributed by atoms with Crippen molar-refractivity contribution in [3.63, 3.8) is 0 Å². The molecule has 0 saturated carbocycles. The molecule has 6 nitrogen and oxygen atoms in total. The van der Waals surface area contributed by atoms with E-state index in [0.29, 0.717) is 5.69 Å². The molecule has 3 N–H and O–H groups in total. The van der Waals surface area contributed by atoms with Gasteiger partial charge in [0.2, 0.25) is 0 Å². The van der Waals surface area contributed by atoms with Crippen molar-refractivity contribution in [2.24, 2.45) is 12.8 Å². The minimum absolute atomic E-state index is 0.0180. The van der Waals surface area contributed by atoms with Crippen molar-refractivity contribution < 1.29 is 0 Å². The van der Waals surface area contributed by atoms with E-state index in [9.17, 15) is 0 Å². The fourth-order valence-corrected chi connectivity index (χ4v) is 2.09. The molecule has 2 aromatic rings. The summed E-state index contributed by atoms with van der Waals surface area (Å²) in [5.41, 5.74) is 6.94. The van der Waals surface area contributed by atoms with Gasteiger partial charge in [-0.15, -0.1) is 10.2 Å². The molecule has 0 aliphatic rings. The minimum atomic E-state index is -0.0180. The molecule has 0 aliphatic carbocycles. The van der Waals surface area contributed by atoms with E-state index < -0.39 is 0 Å². The van der Waals surface area contributed by atoms with Gasteiger partial charge in [-0.2, -0.15) is 0 Å². The van der Waals surface area contributed by atoms with Crippen LogP contribution in [-0.4, -0.2) is 25.6 Å². The van der Waals surface area contributed by atoms with Crippen molar-refractivity contribution in [3.8, 4) is 0 Å². The number of thioether (sulfide) groups is 1. The fourth-order valence-electron chi connectivity index (χ4n) is 1.26. The Morgan fingerprint density at radius 1 is 1.59 bits per heavy atom. The number of hydrogen-bond acceptors (Lipinski definition) is 5. The average molecular weight is 248 g/mol. The van der Waals surface area contributed by atoms with Gasteiger partial charge in [-0.25, -0.2) is 0 Å². The molecule has 0 saturated heterocycles. The van der Waals surface area contributed by atoms with Crippen LogP contribution in [0.2, 0.25) is 0 Å². The summed E-state index contributed by atoms with van der Waals surface area (Å²) in [6.07, 6.45) is 3.32. The van der Waals surface area contributed by atoms with E-state index in [1.807, 2.05) is 23.7 Å². The molecule has 0 fully saturated rings. The van der Waals surface area contributed by atoms with Crippen LogP contribution in [0, 0.1) is 5.41 Å². The van der Waals surface area contributed by atoms with Gasteiger partial charge in [-0.05, 0) is 17.7 Å². The lowest BCUT2D eigenvalue weighted by atomic mass is 10.2. The van der Waals surface area contributed by atoms with Crippen LogP contribution in [0.4, 0.5) is 0 Å². The molecule has 88 valence electrons. The standard InChI is InChI=1S/C10H12N6S/c1-16-6-14-15-10(16)17-5-7-2-3-13-8(4-7)9(11)12/h2-4,6H,5H2,1H3,(H3,11,12). The Hall–Kier alpha value is -1.89. The van der Waals surface area contributed by atoms with E-state index in [0.717, 1.165) is 16.5 Å². The van der Waals surface area contributed by atoms with Gasteiger partial charge in [-0.1, -0.05) is 11.8 Å². The van der Waals surface area contributed by atoms with Crippen LogP contribution in [-0.2, 0) is 12.8 Å². The normalized spacial score (nSPS) is 10.4. The SMILES string of the molecule is Cn1cnnc1SCc1ccnc(C(=N)N)c1. The van der Waals surface area contributed by atoms with Crippen LogP contribution in [0.3, 0.4) is 0 Å². The maximum atomic E-state index is 7.32. The van der Waals surface area contributed by atoms with E-state index in [-0.39, 0.29) is 5.84 Å². The third kappa shape index (κ3) is 2.82. The molecule has 0 unspecified atom stereocenters. The maximum Gasteiger partial charge on any atom is 0.191 e. The molecule has 7 heteroatoms. The highest BCUT2D eigenvalue weighted by atomic mass is 32.2. The predicted molar refractivity (Wildman–Crippen MR) is 65.8 cm³/mol. The Labute approximate surface area is 103 Å². The quantitative estimate of drug-likeness (QED) is 0.474. The largest absolute Gasteiger partial charge is 0.382 e. The van der Waals surface area contributed by atoms with E-state index in [1.165, 1.54) is 0 Å². The zero-order valence-corrected chi connectivity index (χ0v) is 10.1. The summed E-state index contributed by atoms with van der Waals surface area (Å²) in [5, 5.41) is 16.0. The van der Waals surface area contributed by atoms with Crippen molar-refractivity contribution in [1.29, 1.82) is 5.41 Å². The lowest BCUT2D eigenvalue weighted by molar-refractivity contribution is 0.788. The summed E-state index contributed by atoms with van der Waals surface area (Å²) in [7, 11) is 1.90. The highest BCUT2D eigenvalue weighted by molar-refractivity contribution is 7.98. The molecule has 2 heterocycles. The first-order valence-electron chi connectivity index (χ1n) is 4.93. The molecule has 2 aromatic heterocycles. The van der Waals surface area contributed by atoms with E-state index in [2.05, 4.69) is 15.2 Å². The summed E-state index contributed by atoms with van der Waals surface area (Å²) in [4.78, 5) is 4.01. The number of nitrogens with zero attached hydrogens (tertiary/aromatic N) is 4. The van der Waals surface area contributed by atoms with Crippen LogP contribution in [0.15, 0.2) is 29.8 Å². The molecular formula is C10H12N6S. The molecule has 0 amide bonds. The Bertz CT molecular complexity index is 535. The molecule has 17 heavy (non-hydrogen) atoms. The molecule has 0 atom stereocenters. The van der Waals surface area contributed by atoms with Crippen molar-refractivity contribution >= 4 is 17.6 Å². The molecule has 2 rings (SSSR count). The average Bonchev–Trinajstić information content (AvgIpc) is 2.72. The second-order valence-electron chi connectivity index (χ2n) is 3.48. The van der Waals surface area contributed by atoms with Crippen molar-refractivity contribution in [3.05, 3.63) is 35.9 Å². The fraction of sp³-hybridized carbons (Fsp3) is 0.200. The first-order valence-corrected chi connectivity index (χ1v) is 5.91. The second kappa shape index (κ2) is 4.96. The number of aryl methyl sites for hydroxylation is 1. The van der Waals surface area contributed by atoms with Crippen LogP contribution in [0.1, 0.15) is 11.3 Å². The summed E-state index contributed by atoms with van der Waals surface area (Å²) in [6.45, 7) is 0. The molecule has 0 aliphatic heterocycles. The third-order valence-electron chi connectivity index (χ3n) is 2.14. The van der Waals surface area contributed by atoms with E-state index in [1.54, 1.807) is 24.3 Å². The number of nitrogens with two attached hydrogens (primary N) is 1. The summed E-state index contributed by atoms with van der Waals surface area (Å²) in [6, 6.07) is 3.71. The van der Waals surface area contributed by atoms with Crippen LogP contribution in [0.5, 0.6) is 0 Å². The second-order valence-corrected chi connectivity index (χ2v) is 4.42. The molecular weight excluding hydrogens is 236 g/mol. The number of aromatic nitrogens is 4. The molecule has 0 spiro atoms. The summed E-state index contributed by atoms with van der Waals surface area (Å²) >= 11 is 1.58. The molecule has 0 radical (unpaired) electrons. The Morgan fingerprint density at radius 2 is 2.41 bits per heavy atom. The number of pyridine rings is 1. The predicted octanol–water partition coefficient (Wildman–Crippen LogP) is 0.786. The smallest absolute Gasteiger partial charge is 0.191 e. The molecule has 0 bridgehead atoms. The Balaban J connectivity index is 2.07. The van der Waals surface area contributed by atoms with Crippen LogP contribution < -0.4 is 5.73 Å². The Morgan fingerprint density at radius 3 is 3.06 bits per heavy atom. The van der Waals surface area contributed by atoms with Gasteiger partial charge in [0.25, 0.3) is 0 Å². The number of hydrogen-bond donors (Lipinski definition) is 2. The topological polar surface area (TPSA) is 93.5 Å². The lowest BCUT2D eigenvalue weighted by Crippen LogP contribution is -2.13. The van der Waals surface area contributed by atoms with Crippen LogP contribution >= 0.6 is 11.8 Å². The van der Waals surface area contributed by atoms with Crippen LogP contribution in [0.25, 0.3) is 0 Å². The number of nitrogen functional groups attached to an aromatic ring is 1. The molecule has 0 aromatic carbocycles. The van der Waals surface area contributed by atoms with Gasteiger partial charge < -0.3 is 10.3 Å². The van der Waals surface area contributed by atoms with Gasteiger partial charge in [0.15, 0.2) is 5.16 Å². The van der Waals surface area contributed by atoms with Gasteiger partial charge in [0.05, 0.1) is 0 Å². The number of rotatable bonds is 4. The third-order valence-corrected chi connectivity index (χ3v) is 3.24. The number of nitrogens with one attached hydrogen (secondary N) is 1. The van der Waals surface area contributed by atoms with Crippen molar-refractivity contribution in [1.82, 2.24) is 19.7 Å². The van der Waals surface area contributed by atoms with E-state index >= 15 is 0 Å². The Kier molecular flexibility index (Phi) is 3.38. The van der Waals surface area contributed by atoms with E-state index in [4.69, 9.17) is 11.1 Å². The zero-order valence-electron chi connectivity index (χ0n) is 9.29. The summed E-state index contributed by atoms with van der Waals surface area (Å²) < 4.78 is 1.86. The maximum absolute atomic E-state index is 7.32. The first kappa shape index (κ1) is 11.6. The number of amidine groups is 1. The van der Waals surface area contributed by atoms with Gasteiger partial charge in [0.1, 0.15) is 17.9 Å². The minimum Gasteiger partial charge on any atom is -0.382 e.